The number of unbranched alkanes of at least 4 members (excludes halogenated alkanes) is 9. The predicted molar refractivity (Wildman–Crippen MR) is 130 cm³/mol. The van der Waals surface area contributed by atoms with Crippen molar-refractivity contribution in [3.63, 3.8) is 0 Å². The van der Waals surface area contributed by atoms with Crippen LogP contribution in [0.4, 0.5) is 0 Å². The number of fused-ring (bicyclic) bond motifs is 3. The Labute approximate surface area is 200 Å². The van der Waals surface area contributed by atoms with Gasteiger partial charge in [-0.1, -0.05) is 77.4 Å². The van der Waals surface area contributed by atoms with Crippen LogP contribution in [0.3, 0.4) is 0 Å². The first-order chi connectivity index (χ1) is 15.9. The smallest absolute Gasteiger partial charge is 0.334 e. The lowest BCUT2D eigenvalue weighted by Crippen LogP contribution is -2.29. The molecule has 0 bridgehead atoms. The zero-order valence-corrected chi connectivity index (χ0v) is 20.9. The molecule has 0 spiro atoms. The van der Waals surface area contributed by atoms with Crippen molar-refractivity contribution in [3.05, 3.63) is 23.8 Å². The van der Waals surface area contributed by atoms with Crippen LogP contribution in [0.5, 0.6) is 0 Å². The summed E-state index contributed by atoms with van der Waals surface area (Å²) in [4.78, 5) is 24.3. The Morgan fingerprint density at radius 2 is 1.79 bits per heavy atom. The van der Waals surface area contributed by atoms with Gasteiger partial charge in [0, 0.05) is 17.9 Å². The first kappa shape index (κ1) is 26.0. The van der Waals surface area contributed by atoms with Gasteiger partial charge in [0.05, 0.1) is 5.60 Å². The van der Waals surface area contributed by atoms with Crippen LogP contribution in [0.25, 0.3) is 0 Å². The lowest BCUT2D eigenvalue weighted by molar-refractivity contribution is -0.143. The highest BCUT2D eigenvalue weighted by Crippen LogP contribution is 2.49. The molecule has 3 aliphatic rings. The van der Waals surface area contributed by atoms with E-state index in [1.807, 2.05) is 0 Å². The van der Waals surface area contributed by atoms with E-state index in [1.54, 1.807) is 0 Å². The highest BCUT2D eigenvalue weighted by molar-refractivity contribution is 5.91. The number of esters is 2. The van der Waals surface area contributed by atoms with Crippen LogP contribution in [0.15, 0.2) is 23.8 Å². The zero-order chi connectivity index (χ0) is 23.7. The third-order valence-electron chi connectivity index (χ3n) is 7.59. The fourth-order valence-electron chi connectivity index (χ4n) is 5.25. The summed E-state index contributed by atoms with van der Waals surface area (Å²) in [5.74, 6) is -0.421. The molecule has 0 saturated carbocycles. The van der Waals surface area contributed by atoms with Crippen molar-refractivity contribution in [3.8, 4) is 0 Å². The number of hydrogen-bond acceptors (Lipinski definition) is 5. The van der Waals surface area contributed by atoms with E-state index in [0.717, 1.165) is 44.1 Å². The van der Waals surface area contributed by atoms with Crippen molar-refractivity contribution < 1.29 is 23.8 Å². The monoisotopic (exact) mass is 460 g/mol. The number of carbonyl (C=O) groups is 2. The summed E-state index contributed by atoms with van der Waals surface area (Å²) in [6.07, 6.45) is 18.3. The van der Waals surface area contributed by atoms with Crippen LogP contribution >= 0.6 is 0 Å². The summed E-state index contributed by atoms with van der Waals surface area (Å²) in [5, 5.41) is 0. The second-order valence-corrected chi connectivity index (χ2v) is 10.4. The van der Waals surface area contributed by atoms with E-state index in [2.05, 4.69) is 26.5 Å². The molecule has 0 amide bonds. The summed E-state index contributed by atoms with van der Waals surface area (Å²) in [7, 11) is 0. The number of allylic oxidation sites excluding steroid dienone is 1. The fraction of sp³-hybridized carbons (Fsp3) is 0.786. The number of rotatable bonds is 13. The number of ether oxygens (including phenoxy) is 3. The van der Waals surface area contributed by atoms with Crippen molar-refractivity contribution in [2.45, 2.75) is 128 Å². The molecule has 186 valence electrons. The van der Waals surface area contributed by atoms with Gasteiger partial charge in [-0.3, -0.25) is 4.79 Å². The van der Waals surface area contributed by atoms with Crippen LogP contribution in [0, 0.1) is 5.92 Å². The van der Waals surface area contributed by atoms with Crippen LogP contribution in [0.1, 0.15) is 110 Å². The maximum absolute atomic E-state index is 12.2. The van der Waals surface area contributed by atoms with Crippen molar-refractivity contribution in [1.29, 1.82) is 0 Å². The minimum Gasteiger partial charge on any atom is -0.461 e. The van der Waals surface area contributed by atoms with Crippen molar-refractivity contribution >= 4 is 11.9 Å². The number of hydrogen-bond donors (Lipinski definition) is 0. The van der Waals surface area contributed by atoms with Gasteiger partial charge in [-0.15, -0.1) is 0 Å². The van der Waals surface area contributed by atoms with E-state index < -0.39 is 0 Å². The van der Waals surface area contributed by atoms with E-state index in [9.17, 15) is 9.59 Å². The van der Waals surface area contributed by atoms with Gasteiger partial charge in [0.25, 0.3) is 0 Å². The summed E-state index contributed by atoms with van der Waals surface area (Å²) in [6, 6.07) is 0. The third-order valence-corrected chi connectivity index (χ3v) is 7.59. The minimum absolute atomic E-state index is 0.0202. The number of epoxide rings is 1. The Balaban J connectivity index is 1.33. The first-order valence-electron chi connectivity index (χ1n) is 13.4. The van der Waals surface area contributed by atoms with Gasteiger partial charge in [-0.05, 0) is 44.6 Å². The molecule has 0 unspecified atom stereocenters. The van der Waals surface area contributed by atoms with Crippen molar-refractivity contribution in [1.82, 2.24) is 0 Å². The second kappa shape index (κ2) is 12.7. The summed E-state index contributed by atoms with van der Waals surface area (Å²) in [6.45, 7) is 8.64. The zero-order valence-electron chi connectivity index (χ0n) is 20.9. The molecule has 5 heteroatoms. The largest absolute Gasteiger partial charge is 0.461 e. The highest BCUT2D eigenvalue weighted by Gasteiger charge is 2.61. The minimum atomic E-state index is -0.296. The van der Waals surface area contributed by atoms with Crippen LogP contribution in [-0.4, -0.2) is 36.4 Å². The maximum Gasteiger partial charge on any atom is 0.334 e. The van der Waals surface area contributed by atoms with E-state index in [4.69, 9.17) is 14.2 Å². The van der Waals surface area contributed by atoms with Gasteiger partial charge < -0.3 is 14.2 Å². The summed E-state index contributed by atoms with van der Waals surface area (Å²) in [5.41, 5.74) is 1.44. The highest BCUT2D eigenvalue weighted by atomic mass is 16.6. The van der Waals surface area contributed by atoms with Crippen molar-refractivity contribution in [2.75, 3.05) is 6.61 Å². The Morgan fingerprint density at radius 3 is 2.48 bits per heavy atom. The Bertz CT molecular complexity index is 711. The molecule has 0 aromatic carbocycles. The quantitative estimate of drug-likeness (QED) is 0.102. The van der Waals surface area contributed by atoms with Gasteiger partial charge in [0.1, 0.15) is 18.8 Å². The molecule has 2 aliphatic heterocycles. The second-order valence-electron chi connectivity index (χ2n) is 10.4. The molecule has 2 fully saturated rings. The van der Waals surface area contributed by atoms with Gasteiger partial charge in [-0.25, -0.2) is 4.79 Å². The standard InChI is InChI=1S/C28H44O5/c1-4-5-6-7-8-9-10-11-12-13-16-24(29)31-20-22-15-14-19-28(3)26(33-28)25-23(18-17-22)21(2)27(30)32-25/h15,23,25-26H,2,4-14,16-20H2,1,3H3/b22-15+/t23-,25-,26-,28+/m0/s1. The molecule has 4 atom stereocenters. The molecular weight excluding hydrogens is 416 g/mol. The lowest BCUT2D eigenvalue weighted by atomic mass is 9.84. The Hall–Kier alpha value is -1.62. The molecule has 3 rings (SSSR count). The van der Waals surface area contributed by atoms with Gasteiger partial charge in [0.15, 0.2) is 0 Å². The molecule has 0 radical (unpaired) electrons. The maximum atomic E-state index is 12.2. The predicted octanol–water partition coefficient (Wildman–Crippen LogP) is 6.60. The summed E-state index contributed by atoms with van der Waals surface area (Å²) >= 11 is 0. The molecular formula is C28H44O5. The topological polar surface area (TPSA) is 65.1 Å². The fourth-order valence-corrected chi connectivity index (χ4v) is 5.25. The molecule has 2 heterocycles. The van der Waals surface area contributed by atoms with Crippen LogP contribution in [0.2, 0.25) is 0 Å². The van der Waals surface area contributed by atoms with Crippen molar-refractivity contribution in [2.24, 2.45) is 5.92 Å². The molecule has 0 N–H and O–H groups in total. The first-order valence-corrected chi connectivity index (χ1v) is 13.4. The van der Waals surface area contributed by atoms with Crippen LogP contribution < -0.4 is 0 Å². The van der Waals surface area contributed by atoms with Gasteiger partial charge in [-0.2, -0.15) is 0 Å². The molecule has 0 aromatic heterocycles. The molecule has 33 heavy (non-hydrogen) atoms. The van der Waals surface area contributed by atoms with Gasteiger partial charge >= 0.3 is 11.9 Å². The van der Waals surface area contributed by atoms with E-state index in [-0.39, 0.29) is 35.7 Å². The average molecular weight is 461 g/mol. The van der Waals surface area contributed by atoms with E-state index in [1.165, 1.54) is 51.4 Å². The Morgan fingerprint density at radius 1 is 1.12 bits per heavy atom. The Kier molecular flexibility index (Phi) is 10.0. The third kappa shape index (κ3) is 7.70. The van der Waals surface area contributed by atoms with E-state index >= 15 is 0 Å². The molecule has 5 nitrogen and oxygen atoms in total. The molecule has 0 aromatic rings. The molecule has 2 saturated heterocycles. The average Bonchev–Trinajstić information content (AvgIpc) is 3.38. The molecule has 1 aliphatic carbocycles. The summed E-state index contributed by atoms with van der Waals surface area (Å²) < 4.78 is 17.1. The van der Waals surface area contributed by atoms with Crippen LogP contribution in [-0.2, 0) is 23.8 Å². The van der Waals surface area contributed by atoms with E-state index in [0.29, 0.717) is 18.6 Å². The normalized spacial score (nSPS) is 30.6. The van der Waals surface area contributed by atoms with Gasteiger partial charge in [0.2, 0.25) is 0 Å². The lowest BCUT2D eigenvalue weighted by Gasteiger charge is -2.20. The SMILES string of the molecule is C=C1C(=O)O[C@H]2[C@H]1CC/C(COC(=O)CCCCCCCCCCCC)=C\CC[C@@]1(C)O[C@@H]21. The number of carbonyl (C=O) groups excluding carboxylic acids is 2.